The molecule has 0 amide bonds. The van der Waals surface area contributed by atoms with Gasteiger partial charge in [-0.25, -0.2) is 6.92 Å². The molecule has 1 rings (SSSR count). The number of rotatable bonds is 1. The summed E-state index contributed by atoms with van der Waals surface area (Å²) in [5, 5.41) is 0. The summed E-state index contributed by atoms with van der Waals surface area (Å²) >= 11 is 0. The van der Waals surface area contributed by atoms with Crippen LogP contribution in [-0.2, 0) is 32.7 Å². The van der Waals surface area contributed by atoms with E-state index in [0.717, 1.165) is 5.76 Å². The zero-order chi connectivity index (χ0) is 6.69. The summed E-state index contributed by atoms with van der Waals surface area (Å²) in [6, 6.07) is 3.73. The van der Waals surface area contributed by atoms with Gasteiger partial charge in [-0.3, -0.25) is 0 Å². The molecule has 1 heterocycles. The van der Waals surface area contributed by atoms with Crippen LogP contribution >= 0.6 is 0 Å². The maximum absolute atomic E-state index is 5.13. The van der Waals surface area contributed by atoms with Crippen molar-refractivity contribution in [3.05, 3.63) is 36.7 Å². The normalized spacial score (nSPS) is 9.70. The van der Waals surface area contributed by atoms with Crippen molar-refractivity contribution in [2.45, 2.75) is 6.92 Å². The van der Waals surface area contributed by atoms with E-state index in [4.69, 9.17) is 4.42 Å². The van der Waals surface area contributed by atoms with Gasteiger partial charge in [0, 0.05) is 32.7 Å². The Bertz CT molecular complexity index is 213. The Morgan fingerprint density at radius 1 is 1.50 bits per heavy atom. The monoisotopic (exact) mass is 210 g/mol. The molecule has 10 heavy (non-hydrogen) atoms. The molecule has 1 nitrogen and oxygen atoms in total. The minimum atomic E-state index is 0. The standard InChI is InChI=1S/C8H9O.Y/c1-3-4-8-6-5-7(2)9-8;/h3-6H,2H2,1H3;/q-1;/b4-3+;. The minimum absolute atomic E-state index is 0. The fourth-order valence-corrected chi connectivity index (χ4v) is 0.648. The third-order valence-electron chi connectivity index (χ3n) is 1.01. The number of allylic oxidation sites excluding steroid dienone is 1. The minimum Gasteiger partial charge on any atom is -0.497 e. The van der Waals surface area contributed by atoms with Gasteiger partial charge in [-0.1, -0.05) is 12.1 Å². The first-order valence-corrected chi connectivity index (χ1v) is 2.87. The van der Waals surface area contributed by atoms with Gasteiger partial charge in [0.05, 0.1) is 0 Å². The van der Waals surface area contributed by atoms with Crippen LogP contribution in [0.15, 0.2) is 22.6 Å². The van der Waals surface area contributed by atoms with E-state index in [2.05, 4.69) is 6.92 Å². The van der Waals surface area contributed by atoms with Crippen LogP contribution in [0, 0.1) is 6.92 Å². The summed E-state index contributed by atoms with van der Waals surface area (Å²) in [7, 11) is 0. The van der Waals surface area contributed by atoms with Crippen molar-refractivity contribution < 1.29 is 37.1 Å². The predicted octanol–water partition coefficient (Wildman–Crippen LogP) is 2.49. The summed E-state index contributed by atoms with van der Waals surface area (Å²) in [6.07, 6.45) is 3.83. The second-order valence-corrected chi connectivity index (χ2v) is 1.80. The molecule has 0 unspecified atom stereocenters. The SMILES string of the molecule is [CH2-]c1ccc(/C=C/C)o1.[Y]. The van der Waals surface area contributed by atoms with Crippen LogP contribution in [0.2, 0.25) is 0 Å². The summed E-state index contributed by atoms with van der Waals surface area (Å²) in [4.78, 5) is 0. The summed E-state index contributed by atoms with van der Waals surface area (Å²) in [5.74, 6) is 1.57. The Morgan fingerprint density at radius 2 is 2.20 bits per heavy atom. The van der Waals surface area contributed by atoms with Gasteiger partial charge in [0.25, 0.3) is 0 Å². The summed E-state index contributed by atoms with van der Waals surface area (Å²) in [6.45, 7) is 5.57. The zero-order valence-corrected chi connectivity index (χ0v) is 8.84. The molecule has 0 aromatic carbocycles. The first kappa shape index (κ1) is 9.99. The molecule has 51 valence electrons. The Hall–Kier alpha value is -0.00610. The van der Waals surface area contributed by atoms with E-state index >= 15 is 0 Å². The maximum Gasteiger partial charge on any atom is 0.104 e. The second-order valence-electron chi connectivity index (χ2n) is 1.80. The Balaban J connectivity index is 0.000000810. The molecule has 0 saturated carbocycles. The summed E-state index contributed by atoms with van der Waals surface area (Å²) in [5.41, 5.74) is 0. The quantitative estimate of drug-likeness (QED) is 0.649. The van der Waals surface area contributed by atoms with E-state index < -0.39 is 0 Å². The molecule has 0 saturated heterocycles. The van der Waals surface area contributed by atoms with Crippen molar-refractivity contribution in [2.75, 3.05) is 0 Å². The van der Waals surface area contributed by atoms with Crippen LogP contribution in [0.3, 0.4) is 0 Å². The molecule has 0 fully saturated rings. The Labute approximate surface area is 86.4 Å². The molecular weight excluding hydrogens is 201 g/mol. The van der Waals surface area contributed by atoms with Gasteiger partial charge in [0.15, 0.2) is 0 Å². The first-order chi connectivity index (χ1) is 4.33. The van der Waals surface area contributed by atoms with Gasteiger partial charge >= 0.3 is 0 Å². The number of hydrogen-bond acceptors (Lipinski definition) is 1. The van der Waals surface area contributed by atoms with E-state index in [0.29, 0.717) is 5.76 Å². The largest absolute Gasteiger partial charge is 0.497 e. The molecule has 2 heteroatoms. The van der Waals surface area contributed by atoms with E-state index in [9.17, 15) is 0 Å². The van der Waals surface area contributed by atoms with Gasteiger partial charge in [-0.2, -0.15) is 6.07 Å². The molecule has 1 radical (unpaired) electrons. The van der Waals surface area contributed by atoms with Crippen LogP contribution in [-0.4, -0.2) is 0 Å². The summed E-state index contributed by atoms with van der Waals surface area (Å²) < 4.78 is 5.13. The van der Waals surface area contributed by atoms with Gasteiger partial charge < -0.3 is 4.42 Å². The van der Waals surface area contributed by atoms with Crippen LogP contribution < -0.4 is 0 Å². The van der Waals surface area contributed by atoms with Gasteiger partial charge in [0.1, 0.15) is 5.76 Å². The molecule has 0 N–H and O–H groups in total. The third kappa shape index (κ3) is 2.72. The van der Waals surface area contributed by atoms with Crippen molar-refractivity contribution >= 4 is 6.08 Å². The predicted molar refractivity (Wildman–Crippen MR) is 37.9 cm³/mol. The van der Waals surface area contributed by atoms with Crippen LogP contribution in [0.1, 0.15) is 18.4 Å². The number of furan rings is 1. The number of hydrogen-bond donors (Lipinski definition) is 0. The van der Waals surface area contributed by atoms with Crippen LogP contribution in [0.5, 0.6) is 0 Å². The molecule has 0 aliphatic carbocycles. The van der Waals surface area contributed by atoms with E-state index in [1.54, 1.807) is 0 Å². The fraction of sp³-hybridized carbons (Fsp3) is 0.125. The molecule has 0 aliphatic rings. The molecule has 0 spiro atoms. The topological polar surface area (TPSA) is 13.1 Å². The van der Waals surface area contributed by atoms with Crippen molar-refractivity contribution in [1.82, 2.24) is 0 Å². The zero-order valence-electron chi connectivity index (χ0n) is 6.00. The van der Waals surface area contributed by atoms with Gasteiger partial charge in [-0.15, -0.1) is 0 Å². The van der Waals surface area contributed by atoms with E-state index in [-0.39, 0.29) is 32.7 Å². The van der Waals surface area contributed by atoms with Crippen LogP contribution in [0.4, 0.5) is 0 Å². The van der Waals surface area contributed by atoms with Crippen molar-refractivity contribution in [1.29, 1.82) is 0 Å². The molecule has 0 atom stereocenters. The molecule has 0 bridgehead atoms. The van der Waals surface area contributed by atoms with E-state index in [1.807, 2.05) is 31.2 Å². The van der Waals surface area contributed by atoms with Gasteiger partial charge in [-0.05, 0) is 18.8 Å². The third-order valence-corrected chi connectivity index (χ3v) is 1.01. The molecule has 1 aromatic heterocycles. The first-order valence-electron chi connectivity index (χ1n) is 2.87. The molecular formula is C8H9OY-. The Morgan fingerprint density at radius 3 is 2.60 bits per heavy atom. The molecule has 0 aliphatic heterocycles. The van der Waals surface area contributed by atoms with Crippen LogP contribution in [0.25, 0.3) is 6.08 Å². The molecule has 1 aromatic rings. The van der Waals surface area contributed by atoms with Crippen molar-refractivity contribution in [2.24, 2.45) is 0 Å². The average molecular weight is 210 g/mol. The maximum atomic E-state index is 5.13. The van der Waals surface area contributed by atoms with E-state index in [1.165, 1.54) is 0 Å². The fourth-order valence-electron chi connectivity index (χ4n) is 0.648. The van der Waals surface area contributed by atoms with Gasteiger partial charge in [0.2, 0.25) is 0 Å². The van der Waals surface area contributed by atoms with Crippen molar-refractivity contribution in [3.63, 3.8) is 0 Å². The van der Waals surface area contributed by atoms with Crippen molar-refractivity contribution in [3.8, 4) is 0 Å². The average Bonchev–Trinajstić information content (AvgIpc) is 2.17. The smallest absolute Gasteiger partial charge is 0.104 e. The Kier molecular flexibility index (Phi) is 4.75. The second kappa shape index (κ2) is 4.76.